The Morgan fingerprint density at radius 3 is 2.57 bits per heavy atom. The van der Waals surface area contributed by atoms with E-state index in [0.717, 1.165) is 44.5 Å². The fourth-order valence-corrected chi connectivity index (χ4v) is 2.71. The van der Waals surface area contributed by atoms with E-state index in [-0.39, 0.29) is 11.5 Å². The van der Waals surface area contributed by atoms with Gasteiger partial charge in [0, 0.05) is 25.0 Å². The third-order valence-corrected chi connectivity index (χ3v) is 4.15. The molecule has 4 heteroatoms. The molecule has 1 amide bonds. The average molecular weight is 311 g/mol. The number of aryl methyl sites for hydroxylation is 1. The number of carbonyl (C=O) groups excluding carboxylic acids is 1. The Balaban J connectivity index is 1.96. The van der Waals surface area contributed by atoms with Gasteiger partial charge in [-0.25, -0.2) is 0 Å². The van der Waals surface area contributed by atoms with Crippen LogP contribution in [0, 0.1) is 11.3 Å². The largest absolute Gasteiger partial charge is 0.360 e. The van der Waals surface area contributed by atoms with Crippen LogP contribution in [0.3, 0.4) is 0 Å². The predicted molar refractivity (Wildman–Crippen MR) is 92.8 cm³/mol. The molecule has 1 saturated heterocycles. The van der Waals surface area contributed by atoms with Crippen molar-refractivity contribution in [1.82, 2.24) is 4.90 Å². The highest BCUT2D eigenvalue weighted by Gasteiger charge is 2.20. The van der Waals surface area contributed by atoms with Gasteiger partial charge in [-0.1, -0.05) is 25.5 Å². The number of hydrogen-bond donors (Lipinski definition) is 1. The molecule has 1 aromatic rings. The van der Waals surface area contributed by atoms with Crippen LogP contribution in [0.25, 0.3) is 0 Å². The molecule has 0 saturated carbocycles. The monoisotopic (exact) mass is 311 g/mol. The van der Waals surface area contributed by atoms with Crippen LogP contribution in [0.5, 0.6) is 0 Å². The van der Waals surface area contributed by atoms with Crippen molar-refractivity contribution in [3.63, 3.8) is 0 Å². The van der Waals surface area contributed by atoms with Crippen molar-refractivity contribution in [2.45, 2.75) is 45.4 Å². The van der Waals surface area contributed by atoms with Crippen molar-refractivity contribution in [1.29, 1.82) is 5.26 Å². The maximum atomic E-state index is 12.3. The molecule has 1 N–H and O–H groups in total. The second-order valence-electron chi connectivity index (χ2n) is 5.97. The standard InChI is InChI=1S/C19H25N3O/c1-2-3-7-16-8-10-18(11-9-16)21-15-17(14-20)19(23)22-12-5-4-6-13-22/h8-11,15,21H,2-7,12-13H2,1H3/b17-15-. The summed E-state index contributed by atoms with van der Waals surface area (Å²) in [5.74, 6) is -0.167. The van der Waals surface area contributed by atoms with Gasteiger partial charge in [0.2, 0.25) is 0 Å². The van der Waals surface area contributed by atoms with Crippen LogP contribution in [0.4, 0.5) is 5.69 Å². The van der Waals surface area contributed by atoms with Crippen LogP contribution in [0.1, 0.15) is 44.6 Å². The van der Waals surface area contributed by atoms with E-state index in [4.69, 9.17) is 0 Å². The van der Waals surface area contributed by atoms with Crippen LogP contribution in [0.2, 0.25) is 0 Å². The summed E-state index contributed by atoms with van der Waals surface area (Å²) < 4.78 is 0. The molecule has 122 valence electrons. The summed E-state index contributed by atoms with van der Waals surface area (Å²) >= 11 is 0. The summed E-state index contributed by atoms with van der Waals surface area (Å²) in [5.41, 5.74) is 2.37. The number of likely N-dealkylation sites (tertiary alicyclic amines) is 1. The molecule has 1 fully saturated rings. The Bertz CT molecular complexity index is 578. The summed E-state index contributed by atoms with van der Waals surface area (Å²) in [5, 5.41) is 12.3. The highest BCUT2D eigenvalue weighted by molar-refractivity contribution is 5.97. The lowest BCUT2D eigenvalue weighted by atomic mass is 10.1. The van der Waals surface area contributed by atoms with Crippen molar-refractivity contribution in [3.8, 4) is 6.07 Å². The molecule has 0 aromatic heterocycles. The van der Waals surface area contributed by atoms with Gasteiger partial charge < -0.3 is 10.2 Å². The zero-order chi connectivity index (χ0) is 16.5. The van der Waals surface area contributed by atoms with Crippen molar-refractivity contribution < 1.29 is 4.79 Å². The van der Waals surface area contributed by atoms with E-state index in [9.17, 15) is 10.1 Å². The van der Waals surface area contributed by atoms with Crippen LogP contribution in [-0.4, -0.2) is 23.9 Å². The van der Waals surface area contributed by atoms with Gasteiger partial charge in [0.1, 0.15) is 11.6 Å². The third kappa shape index (κ3) is 5.14. The number of anilines is 1. The van der Waals surface area contributed by atoms with E-state index < -0.39 is 0 Å². The molecule has 0 atom stereocenters. The SMILES string of the molecule is CCCCc1ccc(N/C=C(/C#N)C(=O)N2CCCCC2)cc1. The van der Waals surface area contributed by atoms with E-state index in [2.05, 4.69) is 24.4 Å². The van der Waals surface area contributed by atoms with Crippen molar-refractivity contribution in [3.05, 3.63) is 41.6 Å². The number of unbranched alkanes of at least 4 members (excludes halogenated alkanes) is 1. The molecule has 23 heavy (non-hydrogen) atoms. The fraction of sp³-hybridized carbons (Fsp3) is 0.474. The zero-order valence-corrected chi connectivity index (χ0v) is 13.8. The number of nitrogens with one attached hydrogen (secondary N) is 1. The minimum absolute atomic E-state index is 0.167. The molecule has 0 spiro atoms. The van der Waals surface area contributed by atoms with E-state index in [1.807, 2.05) is 18.2 Å². The Labute approximate surface area is 138 Å². The van der Waals surface area contributed by atoms with Crippen molar-refractivity contribution in [2.75, 3.05) is 18.4 Å². The predicted octanol–water partition coefficient (Wildman–Crippen LogP) is 3.86. The number of piperidine rings is 1. The van der Waals surface area contributed by atoms with Gasteiger partial charge in [-0.3, -0.25) is 4.79 Å². The summed E-state index contributed by atoms with van der Waals surface area (Å²) in [4.78, 5) is 14.1. The van der Waals surface area contributed by atoms with Gasteiger partial charge in [-0.05, 0) is 49.8 Å². The molecular formula is C19H25N3O. The molecule has 1 heterocycles. The first kappa shape index (κ1) is 17.1. The van der Waals surface area contributed by atoms with E-state index in [1.165, 1.54) is 24.6 Å². The second kappa shape index (κ2) is 8.99. The van der Waals surface area contributed by atoms with Gasteiger partial charge >= 0.3 is 0 Å². The highest BCUT2D eigenvalue weighted by atomic mass is 16.2. The molecule has 1 aromatic carbocycles. The van der Waals surface area contributed by atoms with Gasteiger partial charge in [0.15, 0.2) is 0 Å². The van der Waals surface area contributed by atoms with Crippen LogP contribution < -0.4 is 5.32 Å². The molecule has 0 bridgehead atoms. The van der Waals surface area contributed by atoms with Crippen molar-refractivity contribution >= 4 is 11.6 Å². The molecule has 0 radical (unpaired) electrons. The number of amides is 1. The van der Waals surface area contributed by atoms with Gasteiger partial charge in [0.05, 0.1) is 0 Å². The number of carbonyl (C=O) groups is 1. The van der Waals surface area contributed by atoms with Gasteiger partial charge in [0.25, 0.3) is 5.91 Å². The summed E-state index contributed by atoms with van der Waals surface area (Å²) in [6, 6.07) is 10.2. The molecule has 2 rings (SSSR count). The Morgan fingerprint density at radius 1 is 1.26 bits per heavy atom. The quantitative estimate of drug-likeness (QED) is 0.641. The van der Waals surface area contributed by atoms with Crippen LogP contribution >= 0.6 is 0 Å². The molecule has 0 aliphatic carbocycles. The number of hydrogen-bond acceptors (Lipinski definition) is 3. The molecule has 4 nitrogen and oxygen atoms in total. The second-order valence-corrected chi connectivity index (χ2v) is 5.97. The lowest BCUT2D eigenvalue weighted by Crippen LogP contribution is -2.36. The average Bonchev–Trinajstić information content (AvgIpc) is 2.62. The van der Waals surface area contributed by atoms with Gasteiger partial charge in [-0.15, -0.1) is 0 Å². The fourth-order valence-electron chi connectivity index (χ4n) is 2.71. The Hall–Kier alpha value is -2.28. The smallest absolute Gasteiger partial charge is 0.266 e. The zero-order valence-electron chi connectivity index (χ0n) is 13.8. The molecular weight excluding hydrogens is 286 g/mol. The first-order chi connectivity index (χ1) is 11.2. The molecule has 1 aliphatic rings. The first-order valence-electron chi connectivity index (χ1n) is 8.49. The summed E-state index contributed by atoms with van der Waals surface area (Å²) in [7, 11) is 0. The topological polar surface area (TPSA) is 56.1 Å². The lowest BCUT2D eigenvalue weighted by molar-refractivity contribution is -0.127. The number of nitriles is 1. The highest BCUT2D eigenvalue weighted by Crippen LogP contribution is 2.14. The number of rotatable bonds is 6. The van der Waals surface area contributed by atoms with E-state index in [1.54, 1.807) is 4.90 Å². The Morgan fingerprint density at radius 2 is 1.96 bits per heavy atom. The minimum Gasteiger partial charge on any atom is -0.360 e. The number of nitrogens with zero attached hydrogens (tertiary/aromatic N) is 2. The minimum atomic E-state index is -0.167. The summed E-state index contributed by atoms with van der Waals surface area (Å²) in [6.45, 7) is 3.69. The molecule has 0 unspecified atom stereocenters. The first-order valence-corrected chi connectivity index (χ1v) is 8.49. The maximum absolute atomic E-state index is 12.3. The van der Waals surface area contributed by atoms with Crippen molar-refractivity contribution in [2.24, 2.45) is 0 Å². The Kier molecular flexibility index (Phi) is 6.68. The normalized spacial score (nSPS) is 15.1. The van der Waals surface area contributed by atoms with E-state index >= 15 is 0 Å². The maximum Gasteiger partial charge on any atom is 0.266 e. The van der Waals surface area contributed by atoms with Crippen LogP contribution in [-0.2, 0) is 11.2 Å². The van der Waals surface area contributed by atoms with E-state index in [0.29, 0.717) is 0 Å². The van der Waals surface area contributed by atoms with Gasteiger partial charge in [-0.2, -0.15) is 5.26 Å². The number of benzene rings is 1. The van der Waals surface area contributed by atoms with Crippen LogP contribution in [0.15, 0.2) is 36.0 Å². The lowest BCUT2D eigenvalue weighted by Gasteiger charge is -2.26. The summed E-state index contributed by atoms with van der Waals surface area (Å²) in [6.07, 6.45) is 8.20. The molecule has 1 aliphatic heterocycles. The third-order valence-electron chi connectivity index (χ3n) is 4.15.